The molecule has 0 atom stereocenters. The SMILES string of the molecule is OCC1=CC(F)=CCC1. The van der Waals surface area contributed by atoms with Gasteiger partial charge in [0, 0.05) is 0 Å². The highest BCUT2D eigenvalue weighted by atomic mass is 19.1. The molecule has 1 rings (SSSR count). The second kappa shape index (κ2) is 2.78. The highest BCUT2D eigenvalue weighted by molar-refractivity contribution is 5.22. The van der Waals surface area contributed by atoms with Gasteiger partial charge in [0.25, 0.3) is 0 Å². The molecule has 1 aliphatic rings. The van der Waals surface area contributed by atoms with Crippen molar-refractivity contribution in [3.05, 3.63) is 23.6 Å². The Bertz CT molecular complexity index is 158. The summed E-state index contributed by atoms with van der Waals surface area (Å²) in [4.78, 5) is 0. The Morgan fingerprint density at radius 1 is 1.67 bits per heavy atom. The summed E-state index contributed by atoms with van der Waals surface area (Å²) in [5, 5.41) is 8.55. The zero-order chi connectivity index (χ0) is 6.69. The topological polar surface area (TPSA) is 20.2 Å². The molecule has 0 bridgehead atoms. The van der Waals surface area contributed by atoms with Crippen LogP contribution in [-0.2, 0) is 0 Å². The van der Waals surface area contributed by atoms with Crippen molar-refractivity contribution in [3.8, 4) is 0 Å². The number of hydrogen-bond acceptors (Lipinski definition) is 1. The fourth-order valence-electron chi connectivity index (χ4n) is 0.846. The summed E-state index contributed by atoms with van der Waals surface area (Å²) in [5.41, 5.74) is 0.787. The zero-order valence-corrected chi connectivity index (χ0v) is 5.10. The molecular formula is C7H9FO. The van der Waals surface area contributed by atoms with Gasteiger partial charge < -0.3 is 5.11 Å². The Morgan fingerprint density at radius 2 is 2.44 bits per heavy atom. The molecular weight excluding hydrogens is 119 g/mol. The summed E-state index contributed by atoms with van der Waals surface area (Å²) in [6, 6.07) is 0. The summed E-state index contributed by atoms with van der Waals surface area (Å²) >= 11 is 0. The monoisotopic (exact) mass is 128 g/mol. The lowest BCUT2D eigenvalue weighted by Crippen LogP contribution is -1.93. The Labute approximate surface area is 53.5 Å². The highest BCUT2D eigenvalue weighted by Gasteiger charge is 2.01. The molecule has 0 aromatic carbocycles. The molecule has 1 N–H and O–H groups in total. The summed E-state index contributed by atoms with van der Waals surface area (Å²) in [7, 11) is 0. The third kappa shape index (κ3) is 1.64. The summed E-state index contributed by atoms with van der Waals surface area (Å²) in [5.74, 6) is -0.217. The van der Waals surface area contributed by atoms with Crippen LogP contribution in [0.1, 0.15) is 12.8 Å². The Kier molecular flexibility index (Phi) is 2.01. The summed E-state index contributed by atoms with van der Waals surface area (Å²) < 4.78 is 12.3. The van der Waals surface area contributed by atoms with Crippen LogP contribution >= 0.6 is 0 Å². The van der Waals surface area contributed by atoms with Gasteiger partial charge in [0.1, 0.15) is 5.83 Å². The van der Waals surface area contributed by atoms with Gasteiger partial charge in [-0.15, -0.1) is 0 Å². The smallest absolute Gasteiger partial charge is 0.119 e. The highest BCUT2D eigenvalue weighted by Crippen LogP contribution is 2.16. The van der Waals surface area contributed by atoms with Gasteiger partial charge in [-0.3, -0.25) is 0 Å². The van der Waals surface area contributed by atoms with Crippen LogP contribution in [0.3, 0.4) is 0 Å². The van der Waals surface area contributed by atoms with Crippen LogP contribution in [0.25, 0.3) is 0 Å². The molecule has 50 valence electrons. The van der Waals surface area contributed by atoms with Crippen LogP contribution in [0, 0.1) is 0 Å². The summed E-state index contributed by atoms with van der Waals surface area (Å²) in [6.07, 6.45) is 4.44. The Morgan fingerprint density at radius 3 is 2.89 bits per heavy atom. The van der Waals surface area contributed by atoms with Gasteiger partial charge in [0.05, 0.1) is 6.61 Å². The van der Waals surface area contributed by atoms with Crippen molar-refractivity contribution in [2.75, 3.05) is 6.61 Å². The lowest BCUT2D eigenvalue weighted by atomic mass is 10.1. The number of aliphatic hydroxyl groups is 1. The van der Waals surface area contributed by atoms with Crippen molar-refractivity contribution in [2.45, 2.75) is 12.8 Å². The average Bonchev–Trinajstić information content (AvgIpc) is 1.88. The lowest BCUT2D eigenvalue weighted by molar-refractivity contribution is 0.325. The zero-order valence-electron chi connectivity index (χ0n) is 5.10. The van der Waals surface area contributed by atoms with E-state index in [0.29, 0.717) is 0 Å². The van der Waals surface area contributed by atoms with E-state index in [2.05, 4.69) is 0 Å². The maximum Gasteiger partial charge on any atom is 0.119 e. The van der Waals surface area contributed by atoms with E-state index < -0.39 is 0 Å². The molecule has 1 aliphatic carbocycles. The van der Waals surface area contributed by atoms with Gasteiger partial charge in [-0.2, -0.15) is 0 Å². The normalized spacial score (nSPS) is 18.9. The lowest BCUT2D eigenvalue weighted by Gasteiger charge is -2.05. The van der Waals surface area contributed by atoms with Gasteiger partial charge in [0.2, 0.25) is 0 Å². The van der Waals surface area contributed by atoms with Crippen molar-refractivity contribution in [1.82, 2.24) is 0 Å². The van der Waals surface area contributed by atoms with E-state index in [9.17, 15) is 4.39 Å². The van der Waals surface area contributed by atoms with Crippen LogP contribution in [0.15, 0.2) is 23.6 Å². The number of halogens is 1. The first-order valence-corrected chi connectivity index (χ1v) is 2.99. The summed E-state index contributed by atoms with van der Waals surface area (Å²) in [6.45, 7) is -0.0126. The van der Waals surface area contributed by atoms with E-state index in [4.69, 9.17) is 5.11 Å². The van der Waals surface area contributed by atoms with Gasteiger partial charge >= 0.3 is 0 Å². The van der Waals surface area contributed by atoms with Crippen molar-refractivity contribution < 1.29 is 9.50 Å². The first-order chi connectivity index (χ1) is 4.33. The molecule has 0 amide bonds. The average molecular weight is 128 g/mol. The van der Waals surface area contributed by atoms with Crippen molar-refractivity contribution >= 4 is 0 Å². The molecule has 0 spiro atoms. The largest absolute Gasteiger partial charge is 0.392 e. The maximum absolute atomic E-state index is 12.3. The maximum atomic E-state index is 12.3. The van der Waals surface area contributed by atoms with E-state index in [0.717, 1.165) is 18.4 Å². The van der Waals surface area contributed by atoms with Crippen molar-refractivity contribution in [3.63, 3.8) is 0 Å². The first kappa shape index (κ1) is 6.49. The fraction of sp³-hybridized carbons (Fsp3) is 0.429. The molecule has 9 heavy (non-hydrogen) atoms. The number of rotatable bonds is 1. The van der Waals surface area contributed by atoms with Gasteiger partial charge in [0.15, 0.2) is 0 Å². The van der Waals surface area contributed by atoms with Gasteiger partial charge in [-0.1, -0.05) is 0 Å². The molecule has 0 fully saturated rings. The van der Waals surface area contributed by atoms with Crippen LogP contribution in [0.2, 0.25) is 0 Å². The fourth-order valence-corrected chi connectivity index (χ4v) is 0.846. The van der Waals surface area contributed by atoms with Crippen LogP contribution in [0.5, 0.6) is 0 Å². The minimum absolute atomic E-state index is 0.0126. The molecule has 0 radical (unpaired) electrons. The molecule has 0 saturated carbocycles. The predicted molar refractivity (Wildman–Crippen MR) is 33.6 cm³/mol. The van der Waals surface area contributed by atoms with E-state index in [1.54, 1.807) is 0 Å². The molecule has 2 heteroatoms. The van der Waals surface area contributed by atoms with E-state index in [1.807, 2.05) is 0 Å². The third-order valence-corrected chi connectivity index (χ3v) is 1.35. The predicted octanol–water partition coefficient (Wildman–Crippen LogP) is 1.55. The first-order valence-electron chi connectivity index (χ1n) is 2.99. The van der Waals surface area contributed by atoms with E-state index in [-0.39, 0.29) is 12.4 Å². The molecule has 0 heterocycles. The number of allylic oxidation sites excluding steroid dienone is 3. The van der Waals surface area contributed by atoms with Gasteiger partial charge in [-0.05, 0) is 30.6 Å². The number of aliphatic hydroxyl groups excluding tert-OH is 1. The molecule has 0 aromatic rings. The molecule has 1 nitrogen and oxygen atoms in total. The molecule has 0 aliphatic heterocycles. The number of hydrogen-bond donors (Lipinski definition) is 1. The Balaban J connectivity index is 2.63. The molecule has 0 unspecified atom stereocenters. The second-order valence-electron chi connectivity index (χ2n) is 2.09. The van der Waals surface area contributed by atoms with Crippen LogP contribution < -0.4 is 0 Å². The Hall–Kier alpha value is -0.630. The molecule has 0 saturated heterocycles. The standard InChI is InChI=1S/C7H9FO/c8-7-3-1-2-6(4-7)5-9/h3-4,9H,1-2,5H2. The quantitative estimate of drug-likeness (QED) is 0.568. The van der Waals surface area contributed by atoms with Crippen LogP contribution in [0.4, 0.5) is 4.39 Å². The third-order valence-electron chi connectivity index (χ3n) is 1.35. The van der Waals surface area contributed by atoms with Gasteiger partial charge in [-0.25, -0.2) is 4.39 Å². The van der Waals surface area contributed by atoms with E-state index >= 15 is 0 Å². The minimum Gasteiger partial charge on any atom is -0.392 e. The minimum atomic E-state index is -0.217. The van der Waals surface area contributed by atoms with E-state index in [1.165, 1.54) is 12.2 Å². The molecule has 0 aromatic heterocycles. The van der Waals surface area contributed by atoms with Crippen LogP contribution in [-0.4, -0.2) is 11.7 Å². The van der Waals surface area contributed by atoms with Crippen molar-refractivity contribution in [1.29, 1.82) is 0 Å². The van der Waals surface area contributed by atoms with Crippen molar-refractivity contribution in [2.24, 2.45) is 0 Å². The second-order valence-corrected chi connectivity index (χ2v) is 2.09.